The Kier molecular flexibility index (Phi) is 2.55. The first-order valence-electron chi connectivity index (χ1n) is 3.52. The minimum atomic E-state index is -2.40. The van der Waals surface area contributed by atoms with Crippen molar-refractivity contribution < 1.29 is 35.1 Å². The molecule has 0 aromatic heterocycles. The van der Waals surface area contributed by atoms with E-state index in [1.807, 2.05) is 0 Å². The number of carboxylic acid groups (broad SMARTS) is 1. The van der Waals surface area contributed by atoms with Gasteiger partial charge < -0.3 is 30.3 Å². The second-order valence-electron chi connectivity index (χ2n) is 2.82. The Morgan fingerprint density at radius 2 is 2.00 bits per heavy atom. The average Bonchev–Trinajstić information content (AvgIpc) is 2.31. The first kappa shape index (κ1) is 10.4. The number of aliphatic hydroxyl groups is 4. The lowest BCUT2D eigenvalue weighted by Crippen LogP contribution is -2.46. The zero-order valence-electron chi connectivity index (χ0n) is 6.49. The van der Waals surface area contributed by atoms with Crippen LogP contribution in [-0.4, -0.2) is 62.2 Å². The molecule has 5 N–H and O–H groups in total. The van der Waals surface area contributed by atoms with Gasteiger partial charge in [0.1, 0.15) is 12.2 Å². The lowest BCUT2D eigenvalue weighted by Gasteiger charge is -2.22. The Balaban J connectivity index is 2.84. The Morgan fingerprint density at radius 1 is 1.46 bits per heavy atom. The zero-order chi connectivity index (χ0) is 10.2. The predicted molar refractivity (Wildman–Crippen MR) is 36.6 cm³/mol. The van der Waals surface area contributed by atoms with Gasteiger partial charge in [-0.3, -0.25) is 0 Å². The maximum Gasteiger partial charge on any atom is 0.335 e. The smallest absolute Gasteiger partial charge is 0.335 e. The molecule has 1 fully saturated rings. The standard InChI is InChI=1S/C6H10O7/c7-1-6(12)4(9)2(8)3(13-6)5(10)11/h2-4,7-9,12H,1H2,(H,10,11)/t2-,3+,4-,6?/m1/s1. The van der Waals surface area contributed by atoms with Crippen molar-refractivity contribution in [2.45, 2.75) is 24.1 Å². The Labute approximate surface area is 72.8 Å². The fraction of sp³-hybridized carbons (Fsp3) is 0.833. The second-order valence-corrected chi connectivity index (χ2v) is 2.82. The van der Waals surface area contributed by atoms with E-state index in [0.717, 1.165) is 0 Å². The molecule has 1 heterocycles. The number of aliphatic hydroxyl groups excluding tert-OH is 3. The number of carboxylic acids is 1. The summed E-state index contributed by atoms with van der Waals surface area (Å²) in [5.74, 6) is -3.92. The average molecular weight is 194 g/mol. The van der Waals surface area contributed by atoms with Gasteiger partial charge in [0.25, 0.3) is 0 Å². The van der Waals surface area contributed by atoms with E-state index < -0.39 is 36.7 Å². The van der Waals surface area contributed by atoms with Crippen molar-refractivity contribution in [1.29, 1.82) is 0 Å². The van der Waals surface area contributed by atoms with Crippen molar-refractivity contribution in [2.75, 3.05) is 6.61 Å². The van der Waals surface area contributed by atoms with Gasteiger partial charge in [0, 0.05) is 0 Å². The highest BCUT2D eigenvalue weighted by atomic mass is 16.7. The first-order chi connectivity index (χ1) is 5.92. The molecule has 0 aromatic rings. The summed E-state index contributed by atoms with van der Waals surface area (Å²) in [6.45, 7) is -0.991. The summed E-state index contributed by atoms with van der Waals surface area (Å²) in [5.41, 5.74) is 0. The molecule has 0 saturated carbocycles. The third-order valence-electron chi connectivity index (χ3n) is 1.90. The van der Waals surface area contributed by atoms with Crippen LogP contribution in [0.15, 0.2) is 0 Å². The van der Waals surface area contributed by atoms with Crippen molar-refractivity contribution in [2.24, 2.45) is 0 Å². The normalized spacial score (nSPS) is 45.1. The van der Waals surface area contributed by atoms with Crippen molar-refractivity contribution in [1.82, 2.24) is 0 Å². The molecule has 0 spiro atoms. The highest BCUT2D eigenvalue weighted by Gasteiger charge is 2.55. The third-order valence-corrected chi connectivity index (χ3v) is 1.90. The van der Waals surface area contributed by atoms with Crippen LogP contribution in [0, 0.1) is 0 Å². The molecular weight excluding hydrogens is 184 g/mol. The summed E-state index contributed by atoms with van der Waals surface area (Å²) < 4.78 is 4.39. The summed E-state index contributed by atoms with van der Waals surface area (Å²) in [6, 6.07) is 0. The largest absolute Gasteiger partial charge is 0.479 e. The molecule has 4 atom stereocenters. The van der Waals surface area contributed by atoms with E-state index in [9.17, 15) is 9.90 Å². The van der Waals surface area contributed by atoms with E-state index in [1.54, 1.807) is 0 Å². The predicted octanol–water partition coefficient (Wildman–Crippen LogP) is -3.13. The molecule has 1 aliphatic heterocycles. The molecule has 7 heteroatoms. The van der Waals surface area contributed by atoms with Crippen molar-refractivity contribution in [3.05, 3.63) is 0 Å². The minimum absolute atomic E-state index is 0.991. The van der Waals surface area contributed by atoms with Gasteiger partial charge in [-0.05, 0) is 0 Å². The van der Waals surface area contributed by atoms with Gasteiger partial charge in [-0.1, -0.05) is 0 Å². The Bertz CT molecular complexity index is 217. The van der Waals surface area contributed by atoms with E-state index in [-0.39, 0.29) is 0 Å². The lowest BCUT2D eigenvalue weighted by molar-refractivity contribution is -0.246. The van der Waals surface area contributed by atoms with Crippen LogP contribution in [0.2, 0.25) is 0 Å². The van der Waals surface area contributed by atoms with Crippen LogP contribution in [0.1, 0.15) is 0 Å². The lowest BCUT2D eigenvalue weighted by atomic mass is 10.1. The molecule has 1 saturated heterocycles. The number of aliphatic carboxylic acids is 1. The molecular formula is C6H10O7. The van der Waals surface area contributed by atoms with Crippen molar-refractivity contribution in [3.8, 4) is 0 Å². The molecule has 7 nitrogen and oxygen atoms in total. The highest BCUT2D eigenvalue weighted by molar-refractivity contribution is 5.73. The molecule has 13 heavy (non-hydrogen) atoms. The van der Waals surface area contributed by atoms with E-state index >= 15 is 0 Å². The van der Waals surface area contributed by atoms with Gasteiger partial charge in [-0.15, -0.1) is 0 Å². The number of ether oxygens (including phenoxy) is 1. The minimum Gasteiger partial charge on any atom is -0.479 e. The number of hydrogen-bond acceptors (Lipinski definition) is 6. The fourth-order valence-electron chi connectivity index (χ4n) is 1.12. The van der Waals surface area contributed by atoms with E-state index in [4.69, 9.17) is 20.4 Å². The molecule has 1 rings (SSSR count). The van der Waals surface area contributed by atoms with Crippen LogP contribution in [-0.2, 0) is 9.53 Å². The first-order valence-corrected chi connectivity index (χ1v) is 3.52. The molecule has 1 aliphatic rings. The van der Waals surface area contributed by atoms with Crippen molar-refractivity contribution >= 4 is 5.97 Å². The van der Waals surface area contributed by atoms with Crippen LogP contribution in [0.25, 0.3) is 0 Å². The highest BCUT2D eigenvalue weighted by Crippen LogP contribution is 2.28. The van der Waals surface area contributed by atoms with Gasteiger partial charge in [0.15, 0.2) is 6.10 Å². The van der Waals surface area contributed by atoms with E-state index in [2.05, 4.69) is 4.74 Å². The number of carbonyl (C=O) groups is 1. The molecule has 76 valence electrons. The van der Waals surface area contributed by atoms with Gasteiger partial charge >= 0.3 is 5.97 Å². The summed E-state index contributed by atoms with van der Waals surface area (Å²) in [6.07, 6.45) is -5.32. The topological polar surface area (TPSA) is 127 Å². The van der Waals surface area contributed by atoms with Gasteiger partial charge in [0.05, 0.1) is 6.61 Å². The zero-order valence-corrected chi connectivity index (χ0v) is 6.49. The molecule has 0 radical (unpaired) electrons. The second kappa shape index (κ2) is 3.20. The monoisotopic (exact) mass is 194 g/mol. The quantitative estimate of drug-likeness (QED) is 0.314. The summed E-state index contributed by atoms with van der Waals surface area (Å²) >= 11 is 0. The fourth-order valence-corrected chi connectivity index (χ4v) is 1.12. The van der Waals surface area contributed by atoms with Gasteiger partial charge in [-0.2, -0.15) is 0 Å². The summed E-state index contributed by atoms with van der Waals surface area (Å²) in [4.78, 5) is 10.4. The summed E-state index contributed by atoms with van der Waals surface area (Å²) in [5, 5.41) is 44.4. The van der Waals surface area contributed by atoms with Gasteiger partial charge in [0.2, 0.25) is 5.79 Å². The molecule has 0 amide bonds. The Morgan fingerprint density at radius 3 is 2.23 bits per heavy atom. The summed E-state index contributed by atoms with van der Waals surface area (Å²) in [7, 11) is 0. The molecule has 0 aromatic carbocycles. The molecule has 1 unspecified atom stereocenters. The van der Waals surface area contributed by atoms with Crippen LogP contribution >= 0.6 is 0 Å². The van der Waals surface area contributed by atoms with Gasteiger partial charge in [-0.25, -0.2) is 4.79 Å². The van der Waals surface area contributed by atoms with Crippen LogP contribution in [0.4, 0.5) is 0 Å². The van der Waals surface area contributed by atoms with E-state index in [1.165, 1.54) is 0 Å². The molecule has 0 aliphatic carbocycles. The maximum absolute atomic E-state index is 10.4. The van der Waals surface area contributed by atoms with Crippen LogP contribution in [0.3, 0.4) is 0 Å². The van der Waals surface area contributed by atoms with E-state index in [0.29, 0.717) is 0 Å². The van der Waals surface area contributed by atoms with Crippen LogP contribution < -0.4 is 0 Å². The third kappa shape index (κ3) is 1.52. The maximum atomic E-state index is 10.4. The Hall–Kier alpha value is -0.730. The number of rotatable bonds is 2. The number of hydrogen-bond donors (Lipinski definition) is 5. The van der Waals surface area contributed by atoms with Crippen molar-refractivity contribution in [3.63, 3.8) is 0 Å². The van der Waals surface area contributed by atoms with Crippen LogP contribution in [0.5, 0.6) is 0 Å². The SMILES string of the molecule is O=C(O)[C@H]1OC(O)(CO)[C@H](O)[C@@H]1O. The molecule has 0 bridgehead atoms.